The minimum Gasteiger partial charge on any atom is -0.465 e. The van der Waals surface area contributed by atoms with E-state index in [0.717, 1.165) is 6.26 Å². The van der Waals surface area contributed by atoms with Gasteiger partial charge in [-0.2, -0.15) is 0 Å². The molecule has 0 fully saturated rings. The van der Waals surface area contributed by atoms with Crippen LogP contribution in [-0.4, -0.2) is 11.0 Å². The summed E-state index contributed by atoms with van der Waals surface area (Å²) in [7, 11) is 0. The molecule has 0 amide bonds. The van der Waals surface area contributed by atoms with Crippen LogP contribution < -0.4 is 10.2 Å². The smallest absolute Gasteiger partial charge is 0.345 e. The van der Waals surface area contributed by atoms with Crippen molar-refractivity contribution in [2.24, 2.45) is 0 Å². The van der Waals surface area contributed by atoms with Gasteiger partial charge in [0.2, 0.25) is 11.2 Å². The summed E-state index contributed by atoms with van der Waals surface area (Å²) in [6, 6.07) is 4.41. The molecule has 0 bridgehead atoms. The predicted octanol–water partition coefficient (Wildman–Crippen LogP) is 1.56. The Morgan fingerprint density at radius 2 is 2.29 bits per heavy atom. The molecule has 0 radical (unpaired) electrons. The fourth-order valence-electron chi connectivity index (χ4n) is 1.21. The number of rotatable bonds is 2. The van der Waals surface area contributed by atoms with Crippen LogP contribution in [0.1, 0.15) is 16.1 Å². The molecule has 0 unspecified atom stereocenters. The second-order valence-electron chi connectivity index (χ2n) is 3.35. The number of aromatic nitrogens is 1. The van der Waals surface area contributed by atoms with Gasteiger partial charge >= 0.3 is 5.97 Å². The molecule has 0 saturated carbocycles. The lowest BCUT2D eigenvalue weighted by Crippen LogP contribution is -2.14. The van der Waals surface area contributed by atoms with Crippen LogP contribution in [0.4, 0.5) is 0 Å². The average molecular weight is 231 g/mol. The van der Waals surface area contributed by atoms with E-state index in [2.05, 4.69) is 4.98 Å². The van der Waals surface area contributed by atoms with Gasteiger partial charge in [-0.3, -0.25) is 9.78 Å². The van der Waals surface area contributed by atoms with Crippen molar-refractivity contribution >= 4 is 5.97 Å². The zero-order chi connectivity index (χ0) is 12.3. The maximum Gasteiger partial charge on any atom is 0.345 e. The van der Waals surface area contributed by atoms with Gasteiger partial charge in [-0.05, 0) is 19.1 Å². The third kappa shape index (κ3) is 2.57. The number of carbonyl (C=O) groups excluding carboxylic acids is 1. The van der Waals surface area contributed by atoms with E-state index in [9.17, 15) is 9.59 Å². The summed E-state index contributed by atoms with van der Waals surface area (Å²) in [6.45, 7) is 1.63. The molecule has 5 heteroatoms. The standard InChI is InChI=1S/C12H9NO4/c1-8-5-10(14)11(7-16-8)17-12(15)9-3-2-4-13-6-9/h2-7H,1H3. The lowest BCUT2D eigenvalue weighted by Gasteiger charge is -2.02. The largest absolute Gasteiger partial charge is 0.465 e. The van der Waals surface area contributed by atoms with Gasteiger partial charge in [0, 0.05) is 18.5 Å². The number of nitrogens with zero attached hydrogens (tertiary/aromatic N) is 1. The molecule has 0 aliphatic heterocycles. The van der Waals surface area contributed by atoms with Crippen LogP contribution >= 0.6 is 0 Å². The van der Waals surface area contributed by atoms with E-state index in [1.165, 1.54) is 18.5 Å². The first-order valence-electron chi connectivity index (χ1n) is 4.88. The Kier molecular flexibility index (Phi) is 3.00. The molecule has 0 aliphatic rings. The van der Waals surface area contributed by atoms with Crippen LogP contribution in [0.15, 0.2) is 46.1 Å². The Morgan fingerprint density at radius 1 is 1.47 bits per heavy atom. The molecule has 2 rings (SSSR count). The van der Waals surface area contributed by atoms with Crippen LogP contribution in [0.2, 0.25) is 0 Å². The van der Waals surface area contributed by atoms with E-state index >= 15 is 0 Å². The van der Waals surface area contributed by atoms with Crippen molar-refractivity contribution in [1.29, 1.82) is 0 Å². The normalized spacial score (nSPS) is 9.94. The lowest BCUT2D eigenvalue weighted by molar-refractivity contribution is 0.0728. The fraction of sp³-hybridized carbons (Fsp3) is 0.0833. The first-order chi connectivity index (χ1) is 8.16. The Labute approximate surface area is 96.7 Å². The second kappa shape index (κ2) is 4.61. The van der Waals surface area contributed by atoms with Crippen LogP contribution in [0.25, 0.3) is 0 Å². The van der Waals surface area contributed by atoms with Crippen molar-refractivity contribution in [3.8, 4) is 5.75 Å². The molecule has 0 N–H and O–H groups in total. The van der Waals surface area contributed by atoms with Crippen LogP contribution in [0, 0.1) is 6.92 Å². The second-order valence-corrected chi connectivity index (χ2v) is 3.35. The number of aryl methyl sites for hydroxylation is 1. The highest BCUT2D eigenvalue weighted by atomic mass is 16.5. The monoisotopic (exact) mass is 231 g/mol. The molecule has 0 aliphatic carbocycles. The van der Waals surface area contributed by atoms with E-state index in [0.29, 0.717) is 5.76 Å². The summed E-state index contributed by atoms with van der Waals surface area (Å²) >= 11 is 0. The molecule has 0 saturated heterocycles. The van der Waals surface area contributed by atoms with E-state index in [-0.39, 0.29) is 11.3 Å². The Hall–Kier alpha value is -2.43. The molecule has 0 aromatic carbocycles. The topological polar surface area (TPSA) is 69.4 Å². The number of ether oxygens (including phenoxy) is 1. The van der Waals surface area contributed by atoms with Crippen molar-refractivity contribution in [2.45, 2.75) is 6.92 Å². The molecule has 17 heavy (non-hydrogen) atoms. The zero-order valence-electron chi connectivity index (χ0n) is 9.04. The Morgan fingerprint density at radius 3 is 2.94 bits per heavy atom. The van der Waals surface area contributed by atoms with Gasteiger partial charge in [-0.25, -0.2) is 4.79 Å². The minimum absolute atomic E-state index is 0.135. The first-order valence-corrected chi connectivity index (χ1v) is 4.88. The van der Waals surface area contributed by atoms with Gasteiger partial charge in [-0.1, -0.05) is 0 Å². The molecule has 2 heterocycles. The molecule has 2 aromatic rings. The lowest BCUT2D eigenvalue weighted by atomic mass is 10.3. The van der Waals surface area contributed by atoms with Gasteiger partial charge in [0.25, 0.3) is 0 Å². The minimum atomic E-state index is -0.644. The van der Waals surface area contributed by atoms with Gasteiger partial charge < -0.3 is 9.15 Å². The Bertz CT molecular complexity index is 589. The van der Waals surface area contributed by atoms with Gasteiger partial charge in [0.1, 0.15) is 12.0 Å². The summed E-state index contributed by atoms with van der Waals surface area (Å²) in [4.78, 5) is 26.8. The summed E-state index contributed by atoms with van der Waals surface area (Å²) < 4.78 is 9.88. The fourth-order valence-corrected chi connectivity index (χ4v) is 1.21. The van der Waals surface area contributed by atoms with Crippen LogP contribution in [-0.2, 0) is 0 Å². The molecular weight excluding hydrogens is 222 g/mol. The maximum atomic E-state index is 11.6. The van der Waals surface area contributed by atoms with Crippen molar-refractivity contribution in [1.82, 2.24) is 4.98 Å². The Balaban J connectivity index is 2.22. The van der Waals surface area contributed by atoms with Crippen molar-refractivity contribution in [3.05, 3.63) is 58.4 Å². The van der Waals surface area contributed by atoms with Crippen LogP contribution in [0.5, 0.6) is 5.75 Å². The third-order valence-corrected chi connectivity index (χ3v) is 2.03. The van der Waals surface area contributed by atoms with Crippen molar-refractivity contribution in [2.75, 3.05) is 0 Å². The highest BCUT2D eigenvalue weighted by Gasteiger charge is 2.11. The number of carbonyl (C=O) groups is 1. The number of hydrogen-bond donors (Lipinski definition) is 0. The predicted molar refractivity (Wildman–Crippen MR) is 58.9 cm³/mol. The average Bonchev–Trinajstić information content (AvgIpc) is 2.34. The van der Waals surface area contributed by atoms with Crippen molar-refractivity contribution in [3.63, 3.8) is 0 Å². The summed E-state index contributed by atoms with van der Waals surface area (Å²) in [5.41, 5.74) is -0.126. The van der Waals surface area contributed by atoms with Gasteiger partial charge in [0.15, 0.2) is 0 Å². The SMILES string of the molecule is Cc1cc(=O)c(OC(=O)c2cccnc2)co1. The quantitative estimate of drug-likeness (QED) is 0.733. The van der Waals surface area contributed by atoms with E-state index in [4.69, 9.17) is 9.15 Å². The first kappa shape index (κ1) is 11.1. The highest BCUT2D eigenvalue weighted by molar-refractivity contribution is 5.90. The summed E-state index contributed by atoms with van der Waals surface area (Å²) in [5.74, 6) is -0.324. The molecule has 86 valence electrons. The zero-order valence-corrected chi connectivity index (χ0v) is 9.04. The van der Waals surface area contributed by atoms with Crippen LogP contribution in [0.3, 0.4) is 0 Å². The number of hydrogen-bond acceptors (Lipinski definition) is 5. The van der Waals surface area contributed by atoms with E-state index in [1.807, 2.05) is 0 Å². The maximum absolute atomic E-state index is 11.6. The summed E-state index contributed by atoms with van der Waals surface area (Å²) in [6.07, 6.45) is 4.01. The van der Waals surface area contributed by atoms with Gasteiger partial charge in [-0.15, -0.1) is 0 Å². The molecule has 2 aromatic heterocycles. The van der Waals surface area contributed by atoms with E-state index in [1.54, 1.807) is 19.1 Å². The summed E-state index contributed by atoms with van der Waals surface area (Å²) in [5, 5.41) is 0. The number of esters is 1. The highest BCUT2D eigenvalue weighted by Crippen LogP contribution is 2.08. The molecular formula is C12H9NO4. The number of pyridine rings is 1. The van der Waals surface area contributed by atoms with Gasteiger partial charge in [0.05, 0.1) is 5.56 Å². The van der Waals surface area contributed by atoms with E-state index < -0.39 is 11.4 Å². The molecule has 5 nitrogen and oxygen atoms in total. The molecule has 0 spiro atoms. The van der Waals surface area contributed by atoms with Crippen molar-refractivity contribution < 1.29 is 13.9 Å². The third-order valence-electron chi connectivity index (χ3n) is 2.03. The molecule has 0 atom stereocenters.